The predicted octanol–water partition coefficient (Wildman–Crippen LogP) is 1.81. The minimum Gasteiger partial charge on any atom is -0.394 e. The Kier molecular flexibility index (Phi) is 8.40. The van der Waals surface area contributed by atoms with Crippen LogP contribution in [0.5, 0.6) is 0 Å². The van der Waals surface area contributed by atoms with Crippen LogP contribution in [0.3, 0.4) is 0 Å². The van der Waals surface area contributed by atoms with Gasteiger partial charge in [-0.3, -0.25) is 4.79 Å². The summed E-state index contributed by atoms with van der Waals surface area (Å²) in [7, 11) is 0. The summed E-state index contributed by atoms with van der Waals surface area (Å²) in [5.41, 5.74) is 0.902. The average Bonchev–Trinajstić information content (AvgIpc) is 2.50. The van der Waals surface area contributed by atoms with Crippen LogP contribution in [-0.4, -0.2) is 34.9 Å². The van der Waals surface area contributed by atoms with Crippen molar-refractivity contribution >= 4 is 5.91 Å². The fourth-order valence-electron chi connectivity index (χ4n) is 1.97. The molecule has 0 saturated heterocycles. The molecule has 0 radical (unpaired) electrons. The van der Waals surface area contributed by atoms with E-state index in [4.69, 9.17) is 0 Å². The van der Waals surface area contributed by atoms with E-state index in [0.29, 0.717) is 0 Å². The topological polar surface area (TPSA) is 69.6 Å². The molecule has 0 bridgehead atoms. The molecule has 0 aliphatic rings. The molecule has 1 aromatic carbocycles. The van der Waals surface area contributed by atoms with E-state index in [2.05, 4.69) is 12.2 Å². The first-order valence-electron chi connectivity index (χ1n) is 7.46. The number of aliphatic hydroxyl groups is 2. The third-order valence-electron chi connectivity index (χ3n) is 3.22. The van der Waals surface area contributed by atoms with Gasteiger partial charge in [0.25, 0.3) is 0 Å². The third kappa shape index (κ3) is 7.06. The maximum atomic E-state index is 11.9. The second-order valence-corrected chi connectivity index (χ2v) is 5.08. The van der Waals surface area contributed by atoms with Gasteiger partial charge in [-0.15, -0.1) is 0 Å². The maximum absolute atomic E-state index is 11.9. The predicted molar refractivity (Wildman–Crippen MR) is 83.8 cm³/mol. The van der Waals surface area contributed by atoms with Crippen LogP contribution in [0.1, 0.15) is 31.7 Å². The molecule has 2 atom stereocenters. The number of carbonyl (C=O) groups excluding carboxylic acids is 1. The van der Waals surface area contributed by atoms with Crippen molar-refractivity contribution in [2.24, 2.45) is 0 Å². The summed E-state index contributed by atoms with van der Waals surface area (Å²) < 4.78 is 0. The summed E-state index contributed by atoms with van der Waals surface area (Å²) in [5, 5.41) is 21.9. The molecule has 0 unspecified atom stereocenters. The van der Waals surface area contributed by atoms with Crippen molar-refractivity contribution < 1.29 is 15.0 Å². The van der Waals surface area contributed by atoms with Crippen molar-refractivity contribution in [3.8, 4) is 0 Å². The molecule has 3 N–H and O–H groups in total. The first-order valence-corrected chi connectivity index (χ1v) is 7.46. The number of allylic oxidation sites excluding steroid dienone is 1. The molecule has 0 spiro atoms. The molecule has 0 aliphatic carbocycles. The van der Waals surface area contributed by atoms with E-state index in [1.807, 2.05) is 36.4 Å². The van der Waals surface area contributed by atoms with Gasteiger partial charge in [-0.1, -0.05) is 62.2 Å². The van der Waals surface area contributed by atoms with Crippen molar-refractivity contribution in [1.82, 2.24) is 5.32 Å². The molecule has 4 heteroatoms. The Labute approximate surface area is 126 Å². The van der Waals surface area contributed by atoms with E-state index < -0.39 is 12.1 Å². The number of hydrogen-bond donors (Lipinski definition) is 3. The van der Waals surface area contributed by atoms with E-state index in [1.54, 1.807) is 6.08 Å². The zero-order valence-corrected chi connectivity index (χ0v) is 12.5. The number of benzene rings is 1. The van der Waals surface area contributed by atoms with Gasteiger partial charge >= 0.3 is 0 Å². The molecule has 4 nitrogen and oxygen atoms in total. The van der Waals surface area contributed by atoms with Crippen molar-refractivity contribution in [3.63, 3.8) is 0 Å². The van der Waals surface area contributed by atoms with Gasteiger partial charge in [-0.25, -0.2) is 0 Å². The SMILES string of the molecule is CCCC/C=C/[C@@H](O)[C@H](CO)NC(=O)Cc1ccccc1. The highest BCUT2D eigenvalue weighted by atomic mass is 16.3. The van der Waals surface area contributed by atoms with E-state index in [9.17, 15) is 15.0 Å². The lowest BCUT2D eigenvalue weighted by atomic mass is 10.1. The Morgan fingerprint density at radius 3 is 2.67 bits per heavy atom. The largest absolute Gasteiger partial charge is 0.394 e. The van der Waals surface area contributed by atoms with Crippen LogP contribution in [0, 0.1) is 0 Å². The molecular weight excluding hydrogens is 266 g/mol. The van der Waals surface area contributed by atoms with Crippen LogP contribution in [0.2, 0.25) is 0 Å². The zero-order valence-electron chi connectivity index (χ0n) is 12.5. The number of rotatable bonds is 9. The van der Waals surface area contributed by atoms with Gasteiger partial charge in [0.2, 0.25) is 5.91 Å². The van der Waals surface area contributed by atoms with E-state index in [1.165, 1.54) is 0 Å². The van der Waals surface area contributed by atoms with Gasteiger partial charge in [0.15, 0.2) is 0 Å². The molecule has 0 heterocycles. The molecule has 1 amide bonds. The smallest absolute Gasteiger partial charge is 0.224 e. The lowest BCUT2D eigenvalue weighted by Crippen LogP contribution is -2.45. The fraction of sp³-hybridized carbons (Fsp3) is 0.471. The molecule has 116 valence electrons. The summed E-state index contributed by atoms with van der Waals surface area (Å²) in [6, 6.07) is 8.71. The minimum atomic E-state index is -0.869. The molecule has 0 aromatic heterocycles. The molecule has 1 rings (SSSR count). The van der Waals surface area contributed by atoms with Crippen LogP contribution in [0.15, 0.2) is 42.5 Å². The minimum absolute atomic E-state index is 0.207. The van der Waals surface area contributed by atoms with Crippen LogP contribution in [0.4, 0.5) is 0 Å². The highest BCUT2D eigenvalue weighted by molar-refractivity contribution is 5.78. The fourth-order valence-corrected chi connectivity index (χ4v) is 1.97. The summed E-state index contributed by atoms with van der Waals surface area (Å²) in [6.07, 6.45) is 5.95. The highest BCUT2D eigenvalue weighted by Gasteiger charge is 2.18. The maximum Gasteiger partial charge on any atom is 0.224 e. The Hall–Kier alpha value is -1.65. The van der Waals surface area contributed by atoms with Crippen molar-refractivity contribution in [1.29, 1.82) is 0 Å². The first-order chi connectivity index (χ1) is 10.2. The van der Waals surface area contributed by atoms with E-state index in [-0.39, 0.29) is 18.9 Å². The molecule has 0 aliphatic heterocycles. The lowest BCUT2D eigenvalue weighted by molar-refractivity contribution is -0.122. The normalized spacial score (nSPS) is 14.0. The third-order valence-corrected chi connectivity index (χ3v) is 3.22. The molecule has 0 saturated carbocycles. The van der Waals surface area contributed by atoms with Gasteiger partial charge in [-0.2, -0.15) is 0 Å². The number of hydrogen-bond acceptors (Lipinski definition) is 3. The molecule has 0 fully saturated rings. The first kappa shape index (κ1) is 17.4. The van der Waals surface area contributed by atoms with Crippen molar-refractivity contribution in [2.75, 3.05) is 6.61 Å². The van der Waals surface area contributed by atoms with E-state index >= 15 is 0 Å². The number of aliphatic hydroxyl groups excluding tert-OH is 2. The highest BCUT2D eigenvalue weighted by Crippen LogP contribution is 2.03. The van der Waals surface area contributed by atoms with Crippen LogP contribution >= 0.6 is 0 Å². The second kappa shape index (κ2) is 10.1. The lowest BCUT2D eigenvalue weighted by Gasteiger charge is -2.20. The van der Waals surface area contributed by atoms with Gasteiger partial charge in [0.05, 0.1) is 25.2 Å². The summed E-state index contributed by atoms with van der Waals surface area (Å²) in [4.78, 5) is 11.9. The summed E-state index contributed by atoms with van der Waals surface area (Å²) >= 11 is 0. The van der Waals surface area contributed by atoms with Crippen molar-refractivity contribution in [3.05, 3.63) is 48.0 Å². The zero-order chi connectivity index (χ0) is 15.5. The van der Waals surface area contributed by atoms with Crippen LogP contribution < -0.4 is 5.32 Å². The number of carbonyl (C=O) groups is 1. The van der Waals surface area contributed by atoms with Crippen LogP contribution in [0.25, 0.3) is 0 Å². The monoisotopic (exact) mass is 291 g/mol. The molecular formula is C17H25NO3. The van der Waals surface area contributed by atoms with E-state index in [0.717, 1.165) is 24.8 Å². The van der Waals surface area contributed by atoms with Crippen LogP contribution in [-0.2, 0) is 11.2 Å². The Balaban J connectivity index is 2.45. The van der Waals surface area contributed by atoms with Gasteiger partial charge < -0.3 is 15.5 Å². The quantitative estimate of drug-likeness (QED) is 0.480. The Morgan fingerprint density at radius 2 is 2.05 bits per heavy atom. The van der Waals surface area contributed by atoms with Crippen molar-refractivity contribution in [2.45, 2.75) is 44.8 Å². The molecule has 1 aromatic rings. The number of amides is 1. The summed E-state index contributed by atoms with van der Waals surface area (Å²) in [5.74, 6) is -0.207. The standard InChI is InChI=1S/C17H25NO3/c1-2-3-4-8-11-16(20)15(13-19)18-17(21)12-14-9-6-5-7-10-14/h5-11,15-16,19-20H,2-4,12-13H2,1H3,(H,18,21)/b11-8+/t15-,16+/m0/s1. The Morgan fingerprint density at radius 1 is 1.33 bits per heavy atom. The van der Waals surface area contributed by atoms with Gasteiger partial charge in [-0.05, 0) is 12.0 Å². The second-order valence-electron chi connectivity index (χ2n) is 5.08. The Bertz CT molecular complexity index is 431. The average molecular weight is 291 g/mol. The number of nitrogens with one attached hydrogen (secondary N) is 1. The molecule has 21 heavy (non-hydrogen) atoms. The number of unbranched alkanes of at least 4 members (excludes halogenated alkanes) is 2. The van der Waals surface area contributed by atoms with Gasteiger partial charge in [0.1, 0.15) is 0 Å². The van der Waals surface area contributed by atoms with Gasteiger partial charge in [0, 0.05) is 0 Å². The summed E-state index contributed by atoms with van der Waals surface area (Å²) in [6.45, 7) is 1.81.